The van der Waals surface area contributed by atoms with E-state index in [0.717, 1.165) is 0 Å². The summed E-state index contributed by atoms with van der Waals surface area (Å²) in [7, 11) is 0. The second kappa shape index (κ2) is 5.33. The number of hydrogen-bond acceptors (Lipinski definition) is 3. The van der Waals surface area contributed by atoms with Crippen LogP contribution in [0.2, 0.25) is 0 Å². The van der Waals surface area contributed by atoms with Crippen LogP contribution in [-0.4, -0.2) is 24.3 Å². The number of hydrogen-bond donors (Lipinski definition) is 0. The normalized spacial score (nSPS) is 11.3. The van der Waals surface area contributed by atoms with Crippen LogP contribution in [0.4, 0.5) is 22.0 Å². The fourth-order valence-corrected chi connectivity index (χ4v) is 1.23. The molecule has 8 heteroatoms. The van der Waals surface area contributed by atoms with Gasteiger partial charge < -0.3 is 4.74 Å². The smallest absolute Gasteiger partial charge is 0.404 e. The van der Waals surface area contributed by atoms with Crippen LogP contribution in [0.1, 0.15) is 17.3 Å². The Morgan fingerprint density at radius 1 is 1.16 bits per heavy atom. The van der Waals surface area contributed by atoms with E-state index in [1.807, 2.05) is 0 Å². The molecule has 0 heterocycles. The van der Waals surface area contributed by atoms with E-state index in [1.165, 1.54) is 6.92 Å². The van der Waals surface area contributed by atoms with E-state index in [1.54, 1.807) is 0 Å². The fraction of sp³-hybridized carbons (Fsp3) is 0.273. The number of carbonyl (C=O) groups excluding carboxylic acids is 2. The molecule has 3 nitrogen and oxygen atoms in total. The van der Waals surface area contributed by atoms with Crippen LogP contribution in [0.3, 0.4) is 0 Å². The van der Waals surface area contributed by atoms with Crippen LogP contribution in [0.15, 0.2) is 12.1 Å². The minimum Gasteiger partial charge on any atom is -0.461 e. The molecule has 0 aliphatic heterocycles. The molecule has 19 heavy (non-hydrogen) atoms. The maximum Gasteiger partial charge on any atom is 0.404 e. The highest BCUT2D eigenvalue weighted by Gasteiger charge is 2.51. The molecule has 0 fully saturated rings. The molecular formula is C11H7F5O3. The monoisotopic (exact) mass is 282 g/mol. The largest absolute Gasteiger partial charge is 0.461 e. The first kappa shape index (κ1) is 15.1. The number of rotatable bonds is 4. The third kappa shape index (κ3) is 2.88. The highest BCUT2D eigenvalue weighted by molar-refractivity contribution is 6.14. The van der Waals surface area contributed by atoms with Gasteiger partial charge in [0, 0.05) is 12.1 Å². The molecule has 0 saturated carbocycles. The van der Waals surface area contributed by atoms with E-state index >= 15 is 0 Å². The average molecular weight is 282 g/mol. The van der Waals surface area contributed by atoms with Gasteiger partial charge in [-0.2, -0.15) is 8.78 Å². The second-order valence-electron chi connectivity index (χ2n) is 3.37. The number of halogens is 5. The van der Waals surface area contributed by atoms with E-state index < -0.39 is 47.3 Å². The van der Waals surface area contributed by atoms with Gasteiger partial charge >= 0.3 is 11.9 Å². The fourth-order valence-electron chi connectivity index (χ4n) is 1.23. The number of alkyl halides is 2. The van der Waals surface area contributed by atoms with E-state index in [2.05, 4.69) is 4.74 Å². The number of carbonyl (C=O) groups is 2. The van der Waals surface area contributed by atoms with Crippen molar-refractivity contribution in [1.82, 2.24) is 0 Å². The van der Waals surface area contributed by atoms with Gasteiger partial charge in [-0.15, -0.1) is 0 Å². The molecule has 0 spiro atoms. The number of ether oxygens (including phenoxy) is 1. The van der Waals surface area contributed by atoms with Crippen molar-refractivity contribution in [3.63, 3.8) is 0 Å². The third-order valence-electron chi connectivity index (χ3n) is 2.05. The predicted octanol–water partition coefficient (Wildman–Crippen LogP) is 2.49. The summed E-state index contributed by atoms with van der Waals surface area (Å²) < 4.78 is 69.4. The van der Waals surface area contributed by atoms with Gasteiger partial charge in [0.15, 0.2) is 0 Å². The molecule has 0 aliphatic rings. The molecule has 104 valence electrons. The number of ketones is 1. The van der Waals surface area contributed by atoms with Gasteiger partial charge in [0.2, 0.25) is 5.78 Å². The maximum absolute atomic E-state index is 13.3. The van der Waals surface area contributed by atoms with Crippen molar-refractivity contribution < 1.29 is 36.3 Å². The molecule has 0 aliphatic carbocycles. The molecular weight excluding hydrogens is 275 g/mol. The average Bonchev–Trinajstić information content (AvgIpc) is 2.27. The lowest BCUT2D eigenvalue weighted by molar-refractivity contribution is -0.164. The second-order valence-corrected chi connectivity index (χ2v) is 3.37. The Labute approximate surface area is 104 Å². The lowest BCUT2D eigenvalue weighted by atomic mass is 10.0. The minimum absolute atomic E-state index is 0.0531. The Hall–Kier alpha value is -1.99. The first-order valence-electron chi connectivity index (χ1n) is 4.96. The van der Waals surface area contributed by atoms with Crippen LogP contribution in [0, 0.1) is 17.5 Å². The SMILES string of the molecule is CCOC(=O)C(F)(F)C(=O)c1c(F)cc(F)cc1F. The van der Waals surface area contributed by atoms with Crippen LogP contribution in [0.25, 0.3) is 0 Å². The summed E-state index contributed by atoms with van der Waals surface area (Å²) in [5.41, 5.74) is -1.69. The summed E-state index contributed by atoms with van der Waals surface area (Å²) in [6.07, 6.45) is 0. The lowest BCUT2D eigenvalue weighted by Gasteiger charge is -2.14. The van der Waals surface area contributed by atoms with Gasteiger partial charge in [-0.25, -0.2) is 18.0 Å². The zero-order chi connectivity index (χ0) is 14.8. The van der Waals surface area contributed by atoms with Gasteiger partial charge in [-0.1, -0.05) is 0 Å². The molecule has 0 radical (unpaired) electrons. The van der Waals surface area contributed by atoms with Crippen molar-refractivity contribution in [2.75, 3.05) is 6.61 Å². The maximum atomic E-state index is 13.3. The molecule has 0 saturated heterocycles. The van der Waals surface area contributed by atoms with Crippen molar-refractivity contribution in [2.24, 2.45) is 0 Å². The Kier molecular flexibility index (Phi) is 4.23. The van der Waals surface area contributed by atoms with Crippen LogP contribution in [-0.2, 0) is 9.53 Å². The summed E-state index contributed by atoms with van der Waals surface area (Å²) in [6, 6.07) is 0.106. The Balaban J connectivity index is 3.24. The van der Waals surface area contributed by atoms with E-state index in [9.17, 15) is 31.5 Å². The van der Waals surface area contributed by atoms with Gasteiger partial charge in [0.05, 0.1) is 12.2 Å². The standard InChI is InChI=1S/C11H7F5O3/c1-2-19-10(18)11(15,16)9(17)8-6(13)3-5(12)4-7(8)14/h3-4H,2H2,1H3. The Bertz CT molecular complexity index is 504. The van der Waals surface area contributed by atoms with E-state index in [4.69, 9.17) is 0 Å². The van der Waals surface area contributed by atoms with Crippen molar-refractivity contribution in [2.45, 2.75) is 12.8 Å². The van der Waals surface area contributed by atoms with Gasteiger partial charge in [-0.05, 0) is 6.92 Å². The molecule has 1 aromatic carbocycles. The summed E-state index contributed by atoms with van der Waals surface area (Å²) in [4.78, 5) is 22.1. The summed E-state index contributed by atoms with van der Waals surface area (Å²) in [5.74, 6) is -14.5. The highest BCUT2D eigenvalue weighted by Crippen LogP contribution is 2.26. The van der Waals surface area contributed by atoms with Gasteiger partial charge in [-0.3, -0.25) is 4.79 Å². The molecule has 0 N–H and O–H groups in total. The first-order chi connectivity index (χ1) is 8.71. The Morgan fingerprint density at radius 3 is 2.05 bits per heavy atom. The third-order valence-corrected chi connectivity index (χ3v) is 2.05. The van der Waals surface area contributed by atoms with E-state index in [0.29, 0.717) is 0 Å². The summed E-state index contributed by atoms with van der Waals surface area (Å²) >= 11 is 0. The molecule has 1 aromatic rings. The van der Waals surface area contributed by atoms with Crippen LogP contribution >= 0.6 is 0 Å². The highest BCUT2D eigenvalue weighted by atomic mass is 19.3. The van der Waals surface area contributed by atoms with Crippen molar-refractivity contribution >= 4 is 11.8 Å². The summed E-state index contributed by atoms with van der Waals surface area (Å²) in [6.45, 7) is 0.758. The minimum atomic E-state index is -4.75. The zero-order valence-corrected chi connectivity index (χ0v) is 9.48. The molecule has 0 unspecified atom stereocenters. The van der Waals surface area contributed by atoms with Gasteiger partial charge in [0.25, 0.3) is 0 Å². The topological polar surface area (TPSA) is 43.4 Å². The van der Waals surface area contributed by atoms with Crippen molar-refractivity contribution in [3.8, 4) is 0 Å². The predicted molar refractivity (Wildman–Crippen MR) is 52.2 cm³/mol. The van der Waals surface area contributed by atoms with Crippen LogP contribution < -0.4 is 0 Å². The van der Waals surface area contributed by atoms with Crippen LogP contribution in [0.5, 0.6) is 0 Å². The van der Waals surface area contributed by atoms with Gasteiger partial charge in [0.1, 0.15) is 17.5 Å². The molecule has 0 aromatic heterocycles. The quantitative estimate of drug-likeness (QED) is 0.369. The first-order valence-corrected chi connectivity index (χ1v) is 4.96. The number of Topliss-reactive ketones (excluding diaryl/α,β-unsaturated/α-hetero) is 1. The lowest BCUT2D eigenvalue weighted by Crippen LogP contribution is -2.40. The number of esters is 1. The zero-order valence-electron chi connectivity index (χ0n) is 9.48. The molecule has 0 bridgehead atoms. The molecule has 1 rings (SSSR count). The summed E-state index contributed by atoms with van der Waals surface area (Å²) in [5, 5.41) is 0. The number of benzene rings is 1. The molecule has 0 amide bonds. The molecule has 0 atom stereocenters. The van der Waals surface area contributed by atoms with Crippen molar-refractivity contribution in [3.05, 3.63) is 35.1 Å². The van der Waals surface area contributed by atoms with Crippen molar-refractivity contribution in [1.29, 1.82) is 0 Å². The van der Waals surface area contributed by atoms with E-state index in [-0.39, 0.29) is 12.1 Å². The Morgan fingerprint density at radius 2 is 1.63 bits per heavy atom.